The number of aromatic nitrogens is 3. The molecule has 2 aromatic carbocycles. The molecule has 0 aliphatic heterocycles. The number of thioether (sulfide) groups is 1. The summed E-state index contributed by atoms with van der Waals surface area (Å²) < 4.78 is 1.96. The molecular weight excluding hydrogens is 426 g/mol. The molecule has 1 N–H and O–H groups in total. The summed E-state index contributed by atoms with van der Waals surface area (Å²) in [5, 5.41) is 23.1. The van der Waals surface area contributed by atoms with E-state index in [0.29, 0.717) is 17.3 Å². The van der Waals surface area contributed by atoms with Crippen molar-refractivity contribution in [3.05, 3.63) is 63.7 Å². The Bertz CT molecular complexity index is 1130. The Kier molecular flexibility index (Phi) is 6.98. The first-order chi connectivity index (χ1) is 15.1. The van der Waals surface area contributed by atoms with Crippen LogP contribution in [0.25, 0.3) is 11.4 Å². The fourth-order valence-corrected chi connectivity index (χ4v) is 4.09. The number of anilines is 1. The molecule has 0 bridgehead atoms. The lowest BCUT2D eigenvalue weighted by Crippen LogP contribution is -2.16. The monoisotopic (exact) mass is 453 g/mol. The van der Waals surface area contributed by atoms with E-state index in [1.54, 1.807) is 19.1 Å². The molecule has 1 aromatic heterocycles. The molecule has 9 heteroatoms. The molecule has 0 unspecified atom stereocenters. The lowest BCUT2D eigenvalue weighted by molar-refractivity contribution is -0.384. The lowest BCUT2D eigenvalue weighted by Gasteiger charge is -2.19. The quantitative estimate of drug-likeness (QED) is 0.299. The van der Waals surface area contributed by atoms with Gasteiger partial charge >= 0.3 is 0 Å². The number of carbonyl (C=O) groups is 1. The maximum Gasteiger partial charge on any atom is 0.293 e. The first kappa shape index (κ1) is 23.5. The van der Waals surface area contributed by atoms with Crippen molar-refractivity contribution in [2.24, 2.45) is 0 Å². The molecule has 1 amide bonds. The van der Waals surface area contributed by atoms with Gasteiger partial charge < -0.3 is 9.88 Å². The van der Waals surface area contributed by atoms with Crippen molar-refractivity contribution in [2.45, 2.75) is 51.7 Å². The van der Waals surface area contributed by atoms with E-state index in [-0.39, 0.29) is 28.4 Å². The van der Waals surface area contributed by atoms with Gasteiger partial charge in [-0.15, -0.1) is 10.2 Å². The molecule has 168 valence electrons. The third kappa shape index (κ3) is 5.16. The van der Waals surface area contributed by atoms with Gasteiger partial charge in [0.2, 0.25) is 5.91 Å². The third-order valence-electron chi connectivity index (χ3n) is 5.09. The van der Waals surface area contributed by atoms with Crippen molar-refractivity contribution in [3.8, 4) is 11.4 Å². The van der Waals surface area contributed by atoms with Gasteiger partial charge in [0.05, 0.1) is 10.7 Å². The Hall–Kier alpha value is -3.20. The number of nitro benzene ring substituents is 1. The minimum Gasteiger partial charge on any atom is -0.319 e. The molecule has 3 aromatic rings. The average Bonchev–Trinajstić information content (AvgIpc) is 3.16. The largest absolute Gasteiger partial charge is 0.319 e. The Labute approximate surface area is 191 Å². The van der Waals surface area contributed by atoms with Crippen LogP contribution in [0.2, 0.25) is 0 Å². The number of hydrogen-bond donors (Lipinski definition) is 1. The van der Waals surface area contributed by atoms with Crippen LogP contribution >= 0.6 is 11.8 Å². The van der Waals surface area contributed by atoms with Crippen molar-refractivity contribution in [1.29, 1.82) is 0 Å². The lowest BCUT2D eigenvalue weighted by atomic mass is 9.87. The molecule has 1 heterocycles. The van der Waals surface area contributed by atoms with Gasteiger partial charge in [-0.3, -0.25) is 14.9 Å². The number of amides is 1. The Morgan fingerprint density at radius 1 is 1.16 bits per heavy atom. The summed E-state index contributed by atoms with van der Waals surface area (Å²) in [6.07, 6.45) is 0. The zero-order chi connectivity index (χ0) is 23.5. The van der Waals surface area contributed by atoms with Crippen LogP contribution in [0.3, 0.4) is 0 Å². The Balaban J connectivity index is 1.74. The predicted molar refractivity (Wildman–Crippen MR) is 127 cm³/mol. The maximum atomic E-state index is 12.5. The van der Waals surface area contributed by atoms with Crippen LogP contribution in [0.15, 0.2) is 47.6 Å². The summed E-state index contributed by atoms with van der Waals surface area (Å²) >= 11 is 1.25. The van der Waals surface area contributed by atoms with Crippen LogP contribution in [-0.2, 0) is 16.8 Å². The molecule has 0 aliphatic rings. The minimum atomic E-state index is -0.499. The second-order valence-electron chi connectivity index (χ2n) is 8.44. The van der Waals surface area contributed by atoms with Crippen LogP contribution < -0.4 is 5.32 Å². The van der Waals surface area contributed by atoms with Crippen LogP contribution in [0.4, 0.5) is 11.4 Å². The Morgan fingerprint density at radius 3 is 2.44 bits per heavy atom. The van der Waals surface area contributed by atoms with Crippen molar-refractivity contribution in [1.82, 2.24) is 14.8 Å². The summed E-state index contributed by atoms with van der Waals surface area (Å²) in [7, 11) is 0. The zero-order valence-corrected chi connectivity index (χ0v) is 19.7. The number of nitrogens with zero attached hydrogens (tertiary/aromatic N) is 4. The summed E-state index contributed by atoms with van der Waals surface area (Å²) in [6.45, 7) is 10.9. The Morgan fingerprint density at radius 2 is 1.84 bits per heavy atom. The summed E-state index contributed by atoms with van der Waals surface area (Å²) in [5.74, 6) is 0.464. The van der Waals surface area contributed by atoms with Gasteiger partial charge in [0, 0.05) is 18.2 Å². The van der Waals surface area contributed by atoms with Crippen molar-refractivity contribution < 1.29 is 9.72 Å². The number of aryl methyl sites for hydroxylation is 1. The molecule has 0 fully saturated rings. The number of rotatable bonds is 7. The van der Waals surface area contributed by atoms with Gasteiger partial charge in [-0.1, -0.05) is 68.9 Å². The highest BCUT2D eigenvalue weighted by Gasteiger charge is 2.20. The van der Waals surface area contributed by atoms with Crippen LogP contribution in [-0.4, -0.2) is 31.3 Å². The third-order valence-corrected chi connectivity index (χ3v) is 6.05. The van der Waals surface area contributed by atoms with Gasteiger partial charge in [-0.25, -0.2) is 0 Å². The van der Waals surface area contributed by atoms with E-state index >= 15 is 0 Å². The smallest absolute Gasteiger partial charge is 0.293 e. The summed E-state index contributed by atoms with van der Waals surface area (Å²) in [6, 6.07) is 13.0. The highest BCUT2D eigenvalue weighted by Crippen LogP contribution is 2.29. The SMILES string of the molecule is CCn1c(SCC(=O)Nc2c(C)cccc2[N+](=O)[O-])nnc1-c1ccc(C(C)(C)C)cc1. The van der Waals surface area contributed by atoms with Gasteiger partial charge in [-0.05, 0) is 30.4 Å². The number of hydrogen-bond acceptors (Lipinski definition) is 6. The first-order valence-electron chi connectivity index (χ1n) is 10.3. The number of para-hydroxylation sites is 1. The predicted octanol–water partition coefficient (Wildman–Crippen LogP) is 5.21. The highest BCUT2D eigenvalue weighted by molar-refractivity contribution is 7.99. The number of nitrogens with one attached hydrogen (secondary N) is 1. The molecule has 0 aliphatic carbocycles. The molecule has 0 atom stereocenters. The van der Waals surface area contributed by atoms with Crippen LogP contribution in [0, 0.1) is 17.0 Å². The number of benzene rings is 2. The van der Waals surface area contributed by atoms with Crippen LogP contribution in [0.5, 0.6) is 0 Å². The molecule has 0 saturated carbocycles. The van der Waals surface area contributed by atoms with E-state index in [0.717, 1.165) is 11.4 Å². The van der Waals surface area contributed by atoms with Crippen LogP contribution in [0.1, 0.15) is 38.8 Å². The molecule has 0 saturated heterocycles. The fourth-order valence-electron chi connectivity index (χ4n) is 3.29. The minimum absolute atomic E-state index is 0.0621. The fraction of sp³-hybridized carbons (Fsp3) is 0.348. The van der Waals surface area contributed by atoms with E-state index in [1.165, 1.54) is 23.4 Å². The maximum absolute atomic E-state index is 12.5. The van der Waals surface area contributed by atoms with E-state index in [1.807, 2.05) is 23.6 Å². The van der Waals surface area contributed by atoms with Gasteiger partial charge in [-0.2, -0.15) is 0 Å². The summed E-state index contributed by atoms with van der Waals surface area (Å²) in [5.41, 5.74) is 2.99. The highest BCUT2D eigenvalue weighted by atomic mass is 32.2. The van der Waals surface area contributed by atoms with E-state index < -0.39 is 4.92 Å². The molecule has 8 nitrogen and oxygen atoms in total. The first-order valence-corrected chi connectivity index (χ1v) is 11.3. The topological polar surface area (TPSA) is 103 Å². The summed E-state index contributed by atoms with van der Waals surface area (Å²) in [4.78, 5) is 23.3. The molecule has 0 spiro atoms. The second kappa shape index (κ2) is 9.52. The van der Waals surface area contributed by atoms with Gasteiger partial charge in [0.25, 0.3) is 5.69 Å². The molecule has 32 heavy (non-hydrogen) atoms. The standard InChI is InChI=1S/C23H27N5O3S/c1-6-27-21(16-10-12-17(13-11-16)23(3,4)5)25-26-22(27)32-14-19(29)24-20-15(2)8-7-9-18(20)28(30)31/h7-13H,6,14H2,1-5H3,(H,24,29). The van der Waals surface area contributed by atoms with Gasteiger partial charge in [0.1, 0.15) is 5.69 Å². The zero-order valence-electron chi connectivity index (χ0n) is 18.9. The van der Waals surface area contributed by atoms with Crippen molar-refractivity contribution in [2.75, 3.05) is 11.1 Å². The molecular formula is C23H27N5O3S. The number of nitro groups is 1. The molecule has 0 radical (unpaired) electrons. The van der Waals surface area contributed by atoms with Crippen molar-refractivity contribution >= 4 is 29.0 Å². The average molecular weight is 454 g/mol. The van der Waals surface area contributed by atoms with Crippen molar-refractivity contribution in [3.63, 3.8) is 0 Å². The molecule has 3 rings (SSSR count). The van der Waals surface area contributed by atoms with E-state index in [4.69, 9.17) is 0 Å². The van der Waals surface area contributed by atoms with E-state index in [2.05, 4.69) is 48.4 Å². The van der Waals surface area contributed by atoms with Gasteiger partial charge in [0.15, 0.2) is 11.0 Å². The second-order valence-corrected chi connectivity index (χ2v) is 9.38. The van der Waals surface area contributed by atoms with E-state index in [9.17, 15) is 14.9 Å². The number of carbonyl (C=O) groups excluding carboxylic acids is 1. The normalized spacial score (nSPS) is 11.4.